The van der Waals surface area contributed by atoms with Crippen molar-refractivity contribution in [3.8, 4) is 0 Å². The number of halogens is 2. The van der Waals surface area contributed by atoms with Crippen LogP contribution in [-0.4, -0.2) is 16.3 Å². The van der Waals surface area contributed by atoms with Crippen LogP contribution in [0.5, 0.6) is 0 Å². The second-order valence-electron chi connectivity index (χ2n) is 5.04. The molecule has 1 aromatic carbocycles. The Morgan fingerprint density at radius 3 is 2.81 bits per heavy atom. The van der Waals surface area contributed by atoms with Gasteiger partial charge in [-0.05, 0) is 59.7 Å². The summed E-state index contributed by atoms with van der Waals surface area (Å²) in [5.41, 5.74) is 2.30. The lowest BCUT2D eigenvalue weighted by molar-refractivity contribution is 0.511. The summed E-state index contributed by atoms with van der Waals surface area (Å²) < 4.78 is 3.25. The molecule has 0 aliphatic heterocycles. The van der Waals surface area contributed by atoms with Crippen LogP contribution in [0, 0.1) is 3.57 Å². The first-order valence-corrected chi connectivity index (χ1v) is 8.83. The third-order valence-corrected chi connectivity index (χ3v) is 4.28. The molecule has 1 N–H and O–H groups in total. The molecule has 5 heteroatoms. The lowest BCUT2D eigenvalue weighted by atomic mass is 10.0. The van der Waals surface area contributed by atoms with Gasteiger partial charge in [-0.3, -0.25) is 4.68 Å². The Labute approximate surface area is 145 Å². The maximum Gasteiger partial charge on any atom is 0.0837 e. The zero-order valence-electron chi connectivity index (χ0n) is 12.4. The second-order valence-corrected chi connectivity index (χ2v) is 6.70. The van der Waals surface area contributed by atoms with Gasteiger partial charge in [0.05, 0.1) is 23.0 Å². The minimum absolute atomic E-state index is 0.0845. The number of hydrogen-bond acceptors (Lipinski definition) is 2. The lowest BCUT2D eigenvalue weighted by Crippen LogP contribution is -2.26. The van der Waals surface area contributed by atoms with Crippen LogP contribution in [0.2, 0.25) is 5.02 Å². The van der Waals surface area contributed by atoms with Crippen LogP contribution in [0.1, 0.15) is 44.0 Å². The highest BCUT2D eigenvalue weighted by molar-refractivity contribution is 14.1. The predicted octanol–water partition coefficient (Wildman–Crippen LogP) is 4.64. The zero-order valence-corrected chi connectivity index (χ0v) is 15.4. The van der Waals surface area contributed by atoms with Crippen molar-refractivity contribution in [3.63, 3.8) is 0 Å². The minimum Gasteiger partial charge on any atom is -0.305 e. The highest BCUT2D eigenvalue weighted by atomic mass is 127. The van der Waals surface area contributed by atoms with Crippen LogP contribution >= 0.6 is 34.2 Å². The van der Waals surface area contributed by atoms with Gasteiger partial charge in [0.1, 0.15) is 0 Å². The van der Waals surface area contributed by atoms with Crippen molar-refractivity contribution >= 4 is 34.2 Å². The van der Waals surface area contributed by atoms with E-state index in [0.29, 0.717) is 0 Å². The van der Waals surface area contributed by atoms with Crippen LogP contribution in [0.15, 0.2) is 30.5 Å². The van der Waals surface area contributed by atoms with Gasteiger partial charge in [-0.25, -0.2) is 0 Å². The number of rotatable bonds is 7. The highest BCUT2D eigenvalue weighted by Gasteiger charge is 2.21. The van der Waals surface area contributed by atoms with Crippen LogP contribution in [0.25, 0.3) is 0 Å². The standard InChI is InChI=1S/C16H21ClIN3/c1-3-8-19-15(12-6-5-7-13(18)10-12)16-14(17)11-20-21(16)9-4-2/h5-7,10-11,15,19H,3-4,8-9H2,1-2H3. The van der Waals surface area contributed by atoms with E-state index in [1.165, 1.54) is 9.13 Å². The zero-order chi connectivity index (χ0) is 15.2. The van der Waals surface area contributed by atoms with Crippen molar-refractivity contribution in [2.75, 3.05) is 6.54 Å². The first-order valence-electron chi connectivity index (χ1n) is 7.37. The molecule has 0 radical (unpaired) electrons. The maximum absolute atomic E-state index is 6.42. The molecule has 0 bridgehead atoms. The summed E-state index contributed by atoms with van der Waals surface area (Å²) in [6, 6.07) is 8.63. The summed E-state index contributed by atoms with van der Waals surface area (Å²) in [5.74, 6) is 0. The van der Waals surface area contributed by atoms with Gasteiger partial charge in [0.15, 0.2) is 0 Å². The van der Waals surface area contributed by atoms with Crippen molar-refractivity contribution in [2.45, 2.75) is 39.3 Å². The normalized spacial score (nSPS) is 12.6. The van der Waals surface area contributed by atoms with E-state index in [1.54, 1.807) is 6.20 Å². The molecule has 0 saturated heterocycles. The Hall–Kier alpha value is -0.590. The third-order valence-electron chi connectivity index (χ3n) is 3.32. The molecule has 0 saturated carbocycles. The van der Waals surface area contributed by atoms with E-state index in [4.69, 9.17) is 11.6 Å². The first-order chi connectivity index (χ1) is 10.2. The van der Waals surface area contributed by atoms with Crippen LogP contribution < -0.4 is 5.32 Å². The number of nitrogens with one attached hydrogen (secondary N) is 1. The largest absolute Gasteiger partial charge is 0.305 e. The molecule has 1 aromatic heterocycles. The van der Waals surface area contributed by atoms with Gasteiger partial charge in [0.2, 0.25) is 0 Å². The van der Waals surface area contributed by atoms with Gasteiger partial charge in [0.25, 0.3) is 0 Å². The van der Waals surface area contributed by atoms with E-state index in [2.05, 4.69) is 71.1 Å². The summed E-state index contributed by atoms with van der Waals surface area (Å²) in [6.45, 7) is 6.16. The Kier molecular flexibility index (Phi) is 6.51. The summed E-state index contributed by atoms with van der Waals surface area (Å²) in [6.07, 6.45) is 3.87. The number of aryl methyl sites for hydroxylation is 1. The quantitative estimate of drug-likeness (QED) is 0.665. The van der Waals surface area contributed by atoms with E-state index in [1.807, 2.05) is 4.68 Å². The Bertz CT molecular complexity index is 583. The summed E-state index contributed by atoms with van der Waals surface area (Å²) >= 11 is 8.76. The van der Waals surface area contributed by atoms with Gasteiger partial charge in [0, 0.05) is 10.1 Å². The number of hydrogen-bond donors (Lipinski definition) is 1. The smallest absolute Gasteiger partial charge is 0.0837 e. The molecule has 21 heavy (non-hydrogen) atoms. The lowest BCUT2D eigenvalue weighted by Gasteiger charge is -2.21. The molecule has 1 unspecified atom stereocenters. The van der Waals surface area contributed by atoms with Crippen LogP contribution in [-0.2, 0) is 6.54 Å². The van der Waals surface area contributed by atoms with Gasteiger partial charge in [-0.1, -0.05) is 37.6 Å². The van der Waals surface area contributed by atoms with Crippen molar-refractivity contribution in [1.29, 1.82) is 0 Å². The van der Waals surface area contributed by atoms with Crippen molar-refractivity contribution in [2.24, 2.45) is 0 Å². The molecule has 0 amide bonds. The first kappa shape index (κ1) is 16.8. The average molecular weight is 418 g/mol. The van der Waals surface area contributed by atoms with Crippen molar-refractivity contribution < 1.29 is 0 Å². The summed E-state index contributed by atoms with van der Waals surface area (Å²) in [4.78, 5) is 0. The molecular weight excluding hydrogens is 397 g/mol. The molecule has 114 valence electrons. The summed E-state index contributed by atoms with van der Waals surface area (Å²) in [7, 11) is 0. The van der Waals surface area contributed by atoms with E-state index >= 15 is 0 Å². The molecular formula is C16H21ClIN3. The van der Waals surface area contributed by atoms with Gasteiger partial charge >= 0.3 is 0 Å². The Balaban J connectivity index is 2.42. The molecule has 3 nitrogen and oxygen atoms in total. The van der Waals surface area contributed by atoms with Gasteiger partial charge in [-0.15, -0.1) is 0 Å². The second kappa shape index (κ2) is 8.15. The maximum atomic E-state index is 6.42. The third kappa shape index (κ3) is 4.20. The van der Waals surface area contributed by atoms with E-state index in [0.717, 1.165) is 36.6 Å². The number of aromatic nitrogens is 2. The Morgan fingerprint density at radius 2 is 2.14 bits per heavy atom. The van der Waals surface area contributed by atoms with E-state index < -0.39 is 0 Å². The fraction of sp³-hybridized carbons (Fsp3) is 0.438. The minimum atomic E-state index is 0.0845. The molecule has 0 aliphatic rings. The Morgan fingerprint density at radius 1 is 1.33 bits per heavy atom. The fourth-order valence-electron chi connectivity index (χ4n) is 2.40. The van der Waals surface area contributed by atoms with E-state index in [9.17, 15) is 0 Å². The SMILES string of the molecule is CCCNC(c1cccc(I)c1)c1c(Cl)cnn1CCC. The van der Waals surface area contributed by atoms with Gasteiger partial charge < -0.3 is 5.32 Å². The number of nitrogens with zero attached hydrogens (tertiary/aromatic N) is 2. The number of benzene rings is 1. The molecule has 2 rings (SSSR count). The molecule has 0 spiro atoms. The molecule has 0 fully saturated rings. The predicted molar refractivity (Wildman–Crippen MR) is 96.8 cm³/mol. The van der Waals surface area contributed by atoms with Crippen molar-refractivity contribution in [3.05, 3.63) is 50.3 Å². The topological polar surface area (TPSA) is 29.9 Å². The van der Waals surface area contributed by atoms with Crippen LogP contribution in [0.4, 0.5) is 0 Å². The highest BCUT2D eigenvalue weighted by Crippen LogP contribution is 2.29. The molecule has 1 atom stereocenters. The van der Waals surface area contributed by atoms with E-state index in [-0.39, 0.29) is 6.04 Å². The summed E-state index contributed by atoms with van der Waals surface area (Å²) in [5, 5.41) is 8.76. The fourth-order valence-corrected chi connectivity index (χ4v) is 3.21. The monoisotopic (exact) mass is 417 g/mol. The average Bonchev–Trinajstić information content (AvgIpc) is 2.82. The molecule has 0 aliphatic carbocycles. The molecule has 1 heterocycles. The van der Waals surface area contributed by atoms with Crippen molar-refractivity contribution in [1.82, 2.24) is 15.1 Å². The van der Waals surface area contributed by atoms with Gasteiger partial charge in [-0.2, -0.15) is 5.10 Å². The molecule has 2 aromatic rings. The van der Waals surface area contributed by atoms with Crippen LogP contribution in [0.3, 0.4) is 0 Å².